The van der Waals surface area contributed by atoms with E-state index >= 15 is 0 Å². The van der Waals surface area contributed by atoms with Gasteiger partial charge in [0, 0.05) is 24.5 Å². The van der Waals surface area contributed by atoms with Crippen LogP contribution < -0.4 is 16.1 Å². The number of aliphatic imine (C=N–C) groups is 1. The van der Waals surface area contributed by atoms with E-state index in [1.807, 2.05) is 18.2 Å². The molecule has 3 aliphatic rings. The third kappa shape index (κ3) is 5.08. The van der Waals surface area contributed by atoms with E-state index in [0.29, 0.717) is 17.1 Å². The number of aryl methyl sites for hydroxylation is 1. The van der Waals surface area contributed by atoms with Crippen LogP contribution in [0.25, 0.3) is 5.57 Å². The Hall–Kier alpha value is -4.01. The summed E-state index contributed by atoms with van der Waals surface area (Å²) < 4.78 is 0. The minimum atomic E-state index is -0.985. The number of benzene rings is 1. The molecule has 1 aromatic heterocycles. The average molecular weight is 473 g/mol. The molecule has 0 saturated carbocycles. The topological polar surface area (TPSA) is 128 Å². The van der Waals surface area contributed by atoms with Crippen LogP contribution in [0.5, 0.6) is 0 Å². The number of allylic oxidation sites excluding steroid dienone is 2. The van der Waals surface area contributed by atoms with Gasteiger partial charge in [-0.3, -0.25) is 14.6 Å². The third-order valence-electron chi connectivity index (χ3n) is 6.63. The van der Waals surface area contributed by atoms with Crippen molar-refractivity contribution < 1.29 is 14.7 Å². The van der Waals surface area contributed by atoms with Crippen LogP contribution >= 0.6 is 0 Å². The van der Waals surface area contributed by atoms with Gasteiger partial charge in [-0.25, -0.2) is 10.4 Å². The number of hydrogen-bond acceptors (Lipinski definition) is 7. The first-order valence-corrected chi connectivity index (χ1v) is 12.0. The van der Waals surface area contributed by atoms with Gasteiger partial charge in [0.1, 0.15) is 0 Å². The number of carboxylic acid groups (broad SMARTS) is 1. The summed E-state index contributed by atoms with van der Waals surface area (Å²) in [5.41, 5.74) is 10.2. The van der Waals surface area contributed by atoms with Crippen molar-refractivity contribution in [3.8, 4) is 0 Å². The van der Waals surface area contributed by atoms with Gasteiger partial charge in [-0.15, -0.1) is 0 Å². The van der Waals surface area contributed by atoms with Gasteiger partial charge < -0.3 is 15.7 Å². The molecule has 1 aromatic carbocycles. The highest BCUT2D eigenvalue weighted by atomic mass is 16.4. The van der Waals surface area contributed by atoms with Gasteiger partial charge in [-0.2, -0.15) is 5.10 Å². The fourth-order valence-corrected chi connectivity index (χ4v) is 4.97. The van der Waals surface area contributed by atoms with E-state index in [4.69, 9.17) is 0 Å². The number of hydrogen-bond donors (Lipinski definition) is 4. The summed E-state index contributed by atoms with van der Waals surface area (Å²) in [7, 11) is 0. The van der Waals surface area contributed by atoms with Crippen LogP contribution in [0.3, 0.4) is 0 Å². The van der Waals surface area contributed by atoms with Crippen LogP contribution in [0.1, 0.15) is 65.2 Å². The lowest BCUT2D eigenvalue weighted by molar-refractivity contribution is -0.137. The van der Waals surface area contributed by atoms with Gasteiger partial charge in [0.15, 0.2) is 0 Å². The van der Waals surface area contributed by atoms with Crippen molar-refractivity contribution in [2.24, 2.45) is 10.1 Å². The average Bonchev–Trinajstić information content (AvgIpc) is 3.54. The number of amides is 1. The Morgan fingerprint density at radius 3 is 2.80 bits per heavy atom. The molecule has 2 aromatic rings. The van der Waals surface area contributed by atoms with Crippen LogP contribution in [0.4, 0.5) is 0 Å². The molecule has 1 amide bonds. The number of nitrogens with zero attached hydrogens (tertiary/aromatic N) is 3. The Kier molecular flexibility index (Phi) is 6.56. The van der Waals surface area contributed by atoms with Crippen LogP contribution in [-0.2, 0) is 11.2 Å². The number of aromatic nitrogens is 1. The fraction of sp³-hybridized carbons (Fsp3) is 0.346. The number of carbonyl (C=O) groups is 2. The lowest BCUT2D eigenvalue weighted by Crippen LogP contribution is -2.31. The van der Waals surface area contributed by atoms with E-state index in [2.05, 4.69) is 31.1 Å². The Labute approximate surface area is 203 Å². The van der Waals surface area contributed by atoms with E-state index in [1.54, 1.807) is 24.5 Å². The maximum atomic E-state index is 13.1. The summed E-state index contributed by atoms with van der Waals surface area (Å²) in [6.45, 7) is 1.58. The Bertz CT molecular complexity index is 1230. The third-order valence-corrected chi connectivity index (χ3v) is 6.63. The fourth-order valence-electron chi connectivity index (χ4n) is 4.97. The second-order valence-corrected chi connectivity index (χ2v) is 8.92. The number of hydrazone groups is 1. The first-order chi connectivity index (χ1) is 17.1. The Morgan fingerprint density at radius 1 is 1.14 bits per heavy atom. The molecule has 0 spiro atoms. The molecule has 5 rings (SSSR count). The van der Waals surface area contributed by atoms with E-state index in [-0.39, 0.29) is 12.3 Å². The number of carboxylic acids is 1. The zero-order valence-corrected chi connectivity index (χ0v) is 19.4. The number of rotatable bonds is 6. The minimum absolute atomic E-state index is 0.217. The molecule has 2 heterocycles. The largest absolute Gasteiger partial charge is 0.481 e. The second kappa shape index (κ2) is 10.1. The maximum absolute atomic E-state index is 13.1. The van der Waals surface area contributed by atoms with Crippen molar-refractivity contribution in [1.82, 2.24) is 21.0 Å². The zero-order chi connectivity index (χ0) is 24.2. The zero-order valence-electron chi connectivity index (χ0n) is 19.4. The highest BCUT2D eigenvalue weighted by molar-refractivity contribution is 6.09. The number of guanidine groups is 1. The maximum Gasteiger partial charge on any atom is 0.305 e. The van der Waals surface area contributed by atoms with E-state index < -0.39 is 12.0 Å². The van der Waals surface area contributed by atoms with E-state index in [1.165, 1.54) is 16.7 Å². The Morgan fingerprint density at radius 2 is 2.03 bits per heavy atom. The van der Waals surface area contributed by atoms with Gasteiger partial charge in [0.05, 0.1) is 24.7 Å². The van der Waals surface area contributed by atoms with Crippen LogP contribution in [0.15, 0.2) is 58.4 Å². The molecule has 9 heteroatoms. The first kappa shape index (κ1) is 22.8. The molecule has 9 nitrogen and oxygen atoms in total. The summed E-state index contributed by atoms with van der Waals surface area (Å²) in [5.74, 6) is -0.572. The summed E-state index contributed by atoms with van der Waals surface area (Å²) in [6, 6.07) is 8.64. The standard InChI is InChI=1S/C26H28N6O3/c33-24(34)14-23(18-3-2-10-27-15-18)30-25(35)17-6-8-19-16(13-17)7-9-22(21-5-1-4-20(19)21)31-32-26-28-11-12-29-26/h2-3,6,8,10,13,15,23H,1,4-5,7,9,11-12,14H2,(H,30,35)(H,33,34)(H2,28,29,32). The van der Waals surface area contributed by atoms with Gasteiger partial charge in [0.25, 0.3) is 5.91 Å². The molecule has 180 valence electrons. The second-order valence-electron chi connectivity index (χ2n) is 8.92. The van der Waals surface area contributed by atoms with Crippen LogP contribution in [-0.4, -0.2) is 46.7 Å². The quantitative estimate of drug-likeness (QED) is 0.479. The number of carbonyl (C=O) groups excluding carboxylic acids is 1. The molecule has 1 atom stereocenters. The highest BCUT2D eigenvalue weighted by Crippen LogP contribution is 2.39. The van der Waals surface area contributed by atoms with Crippen LogP contribution in [0.2, 0.25) is 0 Å². The molecule has 2 aliphatic carbocycles. The molecule has 1 unspecified atom stereocenters. The molecule has 0 saturated heterocycles. The van der Waals surface area contributed by atoms with E-state index in [9.17, 15) is 14.7 Å². The van der Waals surface area contributed by atoms with Crippen molar-refractivity contribution in [2.45, 2.75) is 44.6 Å². The SMILES string of the molecule is O=C(O)CC(NC(=O)c1ccc2c(c1)CCC(=NNC1=NCCN1)C1=C2CCC1)c1cccnc1. The molecule has 0 radical (unpaired) electrons. The van der Waals surface area contributed by atoms with Crippen molar-refractivity contribution in [2.75, 3.05) is 13.1 Å². The molecular weight excluding hydrogens is 444 g/mol. The monoisotopic (exact) mass is 472 g/mol. The van der Waals surface area contributed by atoms with Gasteiger partial charge >= 0.3 is 5.97 Å². The molecule has 0 bridgehead atoms. The smallest absolute Gasteiger partial charge is 0.305 e. The lowest BCUT2D eigenvalue weighted by Gasteiger charge is -2.18. The van der Waals surface area contributed by atoms with Crippen molar-refractivity contribution in [1.29, 1.82) is 0 Å². The number of fused-ring (bicyclic) bond motifs is 2. The molecule has 35 heavy (non-hydrogen) atoms. The van der Waals surface area contributed by atoms with E-state index in [0.717, 1.165) is 56.5 Å². The number of aliphatic carboxylic acids is 1. The number of pyridine rings is 1. The lowest BCUT2D eigenvalue weighted by atomic mass is 9.95. The van der Waals surface area contributed by atoms with Crippen molar-refractivity contribution >= 4 is 29.1 Å². The minimum Gasteiger partial charge on any atom is -0.481 e. The predicted octanol–water partition coefficient (Wildman–Crippen LogP) is 2.82. The first-order valence-electron chi connectivity index (χ1n) is 12.0. The van der Waals surface area contributed by atoms with Gasteiger partial charge in [0.2, 0.25) is 5.96 Å². The van der Waals surface area contributed by atoms with Crippen molar-refractivity contribution in [3.05, 3.63) is 70.6 Å². The van der Waals surface area contributed by atoms with Gasteiger partial charge in [-0.1, -0.05) is 12.1 Å². The highest BCUT2D eigenvalue weighted by Gasteiger charge is 2.27. The molecular formula is C26H28N6O3. The summed E-state index contributed by atoms with van der Waals surface area (Å²) >= 11 is 0. The van der Waals surface area contributed by atoms with Gasteiger partial charge in [-0.05, 0) is 78.1 Å². The summed E-state index contributed by atoms with van der Waals surface area (Å²) in [6.07, 6.45) is 7.61. The number of nitrogens with one attached hydrogen (secondary N) is 3. The molecule has 0 fully saturated rings. The molecule has 4 N–H and O–H groups in total. The Balaban J connectivity index is 1.37. The summed E-state index contributed by atoms with van der Waals surface area (Å²) in [5, 5.41) is 20.1. The van der Waals surface area contributed by atoms with Crippen LogP contribution in [0, 0.1) is 0 Å². The molecule has 1 aliphatic heterocycles. The normalized spacial score (nSPS) is 18.7. The van der Waals surface area contributed by atoms with Crippen molar-refractivity contribution in [3.63, 3.8) is 0 Å². The summed E-state index contributed by atoms with van der Waals surface area (Å²) in [4.78, 5) is 32.9. The predicted molar refractivity (Wildman–Crippen MR) is 133 cm³/mol.